The standard InChI is InChI=1S/C36H25N3/c1-3-11-28(12-4-1)36-35-30(14-9-23-37-35)25-34(38-36)27-18-20-32(21-19-27)39(31-15-5-2-6-16-31)33-22-17-26-10-7-8-13-29(26)24-33/h1-25H. The maximum absolute atomic E-state index is 5.09. The molecule has 7 aromatic rings. The van der Waals surface area contributed by atoms with Crippen molar-refractivity contribution in [2.45, 2.75) is 0 Å². The van der Waals surface area contributed by atoms with E-state index in [2.05, 4.69) is 131 Å². The smallest absolute Gasteiger partial charge is 0.0972 e. The predicted molar refractivity (Wildman–Crippen MR) is 163 cm³/mol. The second kappa shape index (κ2) is 9.88. The summed E-state index contributed by atoms with van der Waals surface area (Å²) >= 11 is 0. The molecule has 0 saturated carbocycles. The highest BCUT2D eigenvalue weighted by atomic mass is 15.1. The van der Waals surface area contributed by atoms with Gasteiger partial charge in [-0.1, -0.05) is 97.1 Å². The molecule has 0 saturated heterocycles. The fourth-order valence-corrected chi connectivity index (χ4v) is 5.15. The lowest BCUT2D eigenvalue weighted by Crippen LogP contribution is -2.09. The molecule has 39 heavy (non-hydrogen) atoms. The maximum Gasteiger partial charge on any atom is 0.0972 e. The van der Waals surface area contributed by atoms with Gasteiger partial charge < -0.3 is 4.90 Å². The van der Waals surface area contributed by atoms with Gasteiger partial charge in [-0.3, -0.25) is 4.98 Å². The first kappa shape index (κ1) is 22.9. The van der Waals surface area contributed by atoms with Crippen LogP contribution >= 0.6 is 0 Å². The fraction of sp³-hybridized carbons (Fsp3) is 0. The Balaban J connectivity index is 1.33. The Kier molecular flexibility index (Phi) is 5.80. The van der Waals surface area contributed by atoms with E-state index in [-0.39, 0.29) is 0 Å². The van der Waals surface area contributed by atoms with Crippen LogP contribution < -0.4 is 4.90 Å². The molecule has 2 aromatic heterocycles. The van der Waals surface area contributed by atoms with Crippen LogP contribution in [0.3, 0.4) is 0 Å². The van der Waals surface area contributed by atoms with Crippen LogP contribution in [0.1, 0.15) is 0 Å². The van der Waals surface area contributed by atoms with Gasteiger partial charge in [0, 0.05) is 39.8 Å². The number of para-hydroxylation sites is 1. The molecule has 5 aromatic carbocycles. The Labute approximate surface area is 227 Å². The summed E-state index contributed by atoms with van der Waals surface area (Å²) in [5.41, 5.74) is 8.18. The fourth-order valence-electron chi connectivity index (χ4n) is 5.15. The summed E-state index contributed by atoms with van der Waals surface area (Å²) in [6.45, 7) is 0. The predicted octanol–water partition coefficient (Wildman–Crippen LogP) is 9.59. The molecule has 3 heteroatoms. The number of hydrogen-bond acceptors (Lipinski definition) is 3. The van der Waals surface area contributed by atoms with Gasteiger partial charge in [-0.05, 0) is 59.3 Å². The molecule has 0 radical (unpaired) electrons. The van der Waals surface area contributed by atoms with Crippen LogP contribution in [0.5, 0.6) is 0 Å². The molecule has 0 unspecified atom stereocenters. The molecule has 3 nitrogen and oxygen atoms in total. The Morgan fingerprint density at radius 3 is 1.87 bits per heavy atom. The molecule has 0 spiro atoms. The molecule has 0 aliphatic rings. The van der Waals surface area contributed by atoms with Crippen molar-refractivity contribution < 1.29 is 0 Å². The highest BCUT2D eigenvalue weighted by Gasteiger charge is 2.15. The van der Waals surface area contributed by atoms with E-state index in [0.717, 1.165) is 50.5 Å². The van der Waals surface area contributed by atoms with Crippen LogP contribution in [-0.2, 0) is 0 Å². The Hall–Kier alpha value is -5.28. The van der Waals surface area contributed by atoms with Crippen molar-refractivity contribution in [2.24, 2.45) is 0 Å². The number of benzene rings is 5. The van der Waals surface area contributed by atoms with Gasteiger partial charge in [0.2, 0.25) is 0 Å². The lowest BCUT2D eigenvalue weighted by Gasteiger charge is -2.26. The summed E-state index contributed by atoms with van der Waals surface area (Å²) in [7, 11) is 0. The Bertz CT molecular complexity index is 1900. The monoisotopic (exact) mass is 499 g/mol. The maximum atomic E-state index is 5.09. The molecule has 0 aliphatic heterocycles. The lowest BCUT2D eigenvalue weighted by molar-refractivity contribution is 1.28. The molecular formula is C36H25N3. The minimum atomic E-state index is 0.898. The van der Waals surface area contributed by atoms with Gasteiger partial charge in [-0.2, -0.15) is 0 Å². The highest BCUT2D eigenvalue weighted by molar-refractivity contribution is 5.94. The Morgan fingerprint density at radius 1 is 0.436 bits per heavy atom. The van der Waals surface area contributed by atoms with Crippen molar-refractivity contribution in [3.05, 3.63) is 152 Å². The minimum Gasteiger partial charge on any atom is -0.310 e. The molecule has 0 aliphatic carbocycles. The number of rotatable bonds is 5. The van der Waals surface area contributed by atoms with Crippen LogP contribution in [0.2, 0.25) is 0 Å². The quantitative estimate of drug-likeness (QED) is 0.236. The van der Waals surface area contributed by atoms with E-state index in [9.17, 15) is 0 Å². The molecule has 7 rings (SSSR count). The van der Waals surface area contributed by atoms with Crippen LogP contribution in [0.25, 0.3) is 44.2 Å². The summed E-state index contributed by atoms with van der Waals surface area (Å²) in [5, 5.41) is 3.53. The number of pyridine rings is 2. The second-order valence-electron chi connectivity index (χ2n) is 9.55. The van der Waals surface area contributed by atoms with Gasteiger partial charge in [0.05, 0.1) is 16.9 Å². The average molecular weight is 500 g/mol. The molecule has 0 fully saturated rings. The van der Waals surface area contributed by atoms with E-state index in [0.29, 0.717) is 0 Å². The van der Waals surface area contributed by atoms with Crippen LogP contribution in [-0.4, -0.2) is 9.97 Å². The zero-order chi connectivity index (χ0) is 26.0. The summed E-state index contributed by atoms with van der Waals surface area (Å²) in [6, 6.07) is 50.8. The van der Waals surface area contributed by atoms with Crippen molar-refractivity contribution in [1.82, 2.24) is 9.97 Å². The number of nitrogens with zero attached hydrogens (tertiary/aromatic N) is 3. The van der Waals surface area contributed by atoms with Crippen molar-refractivity contribution in [1.29, 1.82) is 0 Å². The third kappa shape index (κ3) is 4.41. The van der Waals surface area contributed by atoms with Crippen LogP contribution in [0, 0.1) is 0 Å². The van der Waals surface area contributed by atoms with Crippen LogP contribution in [0.4, 0.5) is 17.1 Å². The van der Waals surface area contributed by atoms with Gasteiger partial charge in [0.15, 0.2) is 0 Å². The zero-order valence-electron chi connectivity index (χ0n) is 21.3. The van der Waals surface area contributed by atoms with Gasteiger partial charge in [0.25, 0.3) is 0 Å². The summed E-state index contributed by atoms with van der Waals surface area (Å²) in [6.07, 6.45) is 1.83. The molecule has 0 amide bonds. The van der Waals surface area contributed by atoms with Crippen molar-refractivity contribution in [3.63, 3.8) is 0 Å². The first-order chi connectivity index (χ1) is 19.3. The zero-order valence-corrected chi connectivity index (χ0v) is 21.3. The second-order valence-corrected chi connectivity index (χ2v) is 9.55. The molecule has 0 bridgehead atoms. The average Bonchev–Trinajstić information content (AvgIpc) is 3.02. The van der Waals surface area contributed by atoms with Gasteiger partial charge >= 0.3 is 0 Å². The first-order valence-electron chi connectivity index (χ1n) is 13.1. The third-order valence-electron chi connectivity index (χ3n) is 7.06. The molecule has 0 atom stereocenters. The lowest BCUT2D eigenvalue weighted by atomic mass is 10.0. The highest BCUT2D eigenvalue weighted by Crippen LogP contribution is 2.37. The summed E-state index contributed by atoms with van der Waals surface area (Å²) < 4.78 is 0. The largest absolute Gasteiger partial charge is 0.310 e. The van der Waals surface area contributed by atoms with E-state index in [1.54, 1.807) is 0 Å². The number of aromatic nitrogens is 2. The van der Waals surface area contributed by atoms with E-state index in [1.807, 2.05) is 30.5 Å². The first-order valence-corrected chi connectivity index (χ1v) is 13.1. The minimum absolute atomic E-state index is 0.898. The molecule has 0 N–H and O–H groups in total. The van der Waals surface area contributed by atoms with Gasteiger partial charge in [-0.25, -0.2) is 4.98 Å². The summed E-state index contributed by atoms with van der Waals surface area (Å²) in [4.78, 5) is 12.0. The van der Waals surface area contributed by atoms with E-state index in [1.165, 1.54) is 10.8 Å². The molecular weight excluding hydrogens is 474 g/mol. The summed E-state index contributed by atoms with van der Waals surface area (Å²) in [5.74, 6) is 0. The van der Waals surface area contributed by atoms with E-state index in [4.69, 9.17) is 4.98 Å². The van der Waals surface area contributed by atoms with Gasteiger partial charge in [-0.15, -0.1) is 0 Å². The Morgan fingerprint density at radius 2 is 1.08 bits per heavy atom. The third-order valence-corrected chi connectivity index (χ3v) is 7.06. The number of fused-ring (bicyclic) bond motifs is 2. The SMILES string of the molecule is c1ccc(-c2nc(-c3ccc(N(c4ccccc4)c4ccc5ccccc5c4)cc3)cc3cccnc23)cc1. The molecule has 2 heterocycles. The van der Waals surface area contributed by atoms with E-state index < -0.39 is 0 Å². The van der Waals surface area contributed by atoms with E-state index >= 15 is 0 Å². The molecule has 184 valence electrons. The normalized spacial score (nSPS) is 11.1. The van der Waals surface area contributed by atoms with Crippen molar-refractivity contribution in [3.8, 4) is 22.5 Å². The van der Waals surface area contributed by atoms with Crippen molar-refractivity contribution in [2.75, 3.05) is 4.90 Å². The van der Waals surface area contributed by atoms with Gasteiger partial charge in [0.1, 0.15) is 0 Å². The van der Waals surface area contributed by atoms with Crippen LogP contribution in [0.15, 0.2) is 152 Å². The number of hydrogen-bond donors (Lipinski definition) is 0. The topological polar surface area (TPSA) is 29.0 Å². The number of anilines is 3. The van der Waals surface area contributed by atoms with Crippen molar-refractivity contribution >= 4 is 38.7 Å².